The van der Waals surface area contributed by atoms with Gasteiger partial charge in [0.15, 0.2) is 6.10 Å². The van der Waals surface area contributed by atoms with Crippen LogP contribution in [0.4, 0.5) is 0 Å². The number of unbranched alkanes of at least 4 members (excludes halogenated alkanes) is 23. The van der Waals surface area contributed by atoms with Crippen LogP contribution in [0.5, 0.6) is 0 Å². The molecule has 0 aliphatic heterocycles. The van der Waals surface area contributed by atoms with E-state index in [1.165, 1.54) is 128 Å². The summed E-state index contributed by atoms with van der Waals surface area (Å²) in [4.78, 5) is 46.0. The standard InChI is InChI=1S/C49H88NO10P/c1-3-5-7-9-11-13-15-17-19-21-22-23-24-25-27-28-30-32-34-36-38-40-47(51)57-42-45(43-58-61(55,56)59-44-46(50)49(53)54)60-48(52)41-39-37-35-33-31-29-26-20-18-16-14-12-10-8-6-4-2/h19,21,23-24,27-28,32,34,45-46H,3-18,20,22,25-26,29-31,33,35-44,50H2,1-2H3,(H,53,54)(H,55,56)/b21-19+,24-23+,28-27+,34-32+/t45-,46-/m0/s1. The van der Waals surface area contributed by atoms with Crippen LogP contribution in [0.2, 0.25) is 0 Å². The SMILES string of the molecule is CCCCCCCCC/C=C/C/C=C/C/C=C/C/C=C/CCCC(=O)OC[C@@H](COP(=O)(O)OC[C@H](N)C(=O)O)OC(=O)CCCCCCCCCCCCCCCCCC. The van der Waals surface area contributed by atoms with Crippen LogP contribution in [0.25, 0.3) is 0 Å². The first-order valence-corrected chi connectivity index (χ1v) is 25.7. The van der Waals surface area contributed by atoms with Crippen LogP contribution in [0, 0.1) is 0 Å². The number of carbonyl (C=O) groups excluding carboxylic acids is 2. The van der Waals surface area contributed by atoms with Crippen molar-refractivity contribution in [1.82, 2.24) is 0 Å². The molecule has 0 radical (unpaired) electrons. The van der Waals surface area contributed by atoms with Gasteiger partial charge in [-0.1, -0.05) is 197 Å². The lowest BCUT2D eigenvalue weighted by Crippen LogP contribution is -2.34. The third-order valence-electron chi connectivity index (χ3n) is 10.3. The summed E-state index contributed by atoms with van der Waals surface area (Å²) < 4.78 is 32.7. The van der Waals surface area contributed by atoms with Gasteiger partial charge in [0.05, 0.1) is 13.2 Å². The van der Waals surface area contributed by atoms with Crippen LogP contribution in [-0.4, -0.2) is 59.9 Å². The van der Waals surface area contributed by atoms with Crippen LogP contribution in [0.15, 0.2) is 48.6 Å². The molecule has 0 rings (SSSR count). The number of nitrogens with two attached hydrogens (primary N) is 1. The number of phosphoric ester groups is 1. The van der Waals surface area contributed by atoms with Crippen molar-refractivity contribution in [1.29, 1.82) is 0 Å². The fourth-order valence-corrected chi connectivity index (χ4v) is 7.31. The fraction of sp³-hybridized carbons (Fsp3) is 0.776. The van der Waals surface area contributed by atoms with Gasteiger partial charge < -0.3 is 25.2 Å². The molecular weight excluding hydrogens is 794 g/mol. The number of hydrogen-bond acceptors (Lipinski definition) is 9. The summed E-state index contributed by atoms with van der Waals surface area (Å²) in [6, 6.07) is -1.53. The van der Waals surface area contributed by atoms with E-state index in [9.17, 15) is 23.8 Å². The number of aliphatic carboxylic acids is 1. The average Bonchev–Trinajstić information content (AvgIpc) is 3.24. The topological polar surface area (TPSA) is 172 Å². The maximum Gasteiger partial charge on any atom is 0.472 e. The van der Waals surface area contributed by atoms with E-state index < -0.39 is 51.1 Å². The van der Waals surface area contributed by atoms with Crippen molar-refractivity contribution in [3.05, 3.63) is 48.6 Å². The normalized spacial score (nSPS) is 14.0. The summed E-state index contributed by atoms with van der Waals surface area (Å²) in [5, 5.41) is 8.90. The summed E-state index contributed by atoms with van der Waals surface area (Å²) in [7, 11) is -4.73. The lowest BCUT2D eigenvalue weighted by Gasteiger charge is -2.20. The molecule has 61 heavy (non-hydrogen) atoms. The number of hydrogen-bond donors (Lipinski definition) is 3. The first-order chi connectivity index (χ1) is 29.6. The smallest absolute Gasteiger partial charge is 0.472 e. The van der Waals surface area contributed by atoms with E-state index in [-0.39, 0.29) is 19.4 Å². The van der Waals surface area contributed by atoms with Gasteiger partial charge in [0.1, 0.15) is 12.6 Å². The van der Waals surface area contributed by atoms with Gasteiger partial charge in [-0.15, -0.1) is 0 Å². The molecule has 12 heteroatoms. The molecule has 0 saturated carbocycles. The second kappa shape index (κ2) is 44.1. The van der Waals surface area contributed by atoms with Crippen LogP contribution in [0.1, 0.15) is 213 Å². The Kier molecular flexibility index (Phi) is 42.2. The Labute approximate surface area is 371 Å². The van der Waals surface area contributed by atoms with Crippen molar-refractivity contribution < 1.29 is 47.5 Å². The summed E-state index contributed by atoms with van der Waals surface area (Å²) in [6.07, 6.45) is 50.4. The predicted octanol–water partition coefficient (Wildman–Crippen LogP) is 13.3. The molecule has 0 aromatic heterocycles. The Hall–Kier alpha value is -2.56. The minimum atomic E-state index is -4.73. The van der Waals surface area contributed by atoms with E-state index in [0.717, 1.165) is 38.5 Å². The maximum absolute atomic E-state index is 12.7. The summed E-state index contributed by atoms with van der Waals surface area (Å²) >= 11 is 0. The molecule has 0 amide bonds. The van der Waals surface area contributed by atoms with Crippen molar-refractivity contribution in [3.63, 3.8) is 0 Å². The molecule has 354 valence electrons. The molecule has 0 spiro atoms. The summed E-state index contributed by atoms with van der Waals surface area (Å²) in [6.45, 7) is 2.77. The van der Waals surface area contributed by atoms with Gasteiger partial charge in [-0.2, -0.15) is 0 Å². The van der Waals surface area contributed by atoms with Crippen LogP contribution >= 0.6 is 7.82 Å². The lowest BCUT2D eigenvalue weighted by atomic mass is 10.0. The second-order valence-electron chi connectivity index (χ2n) is 16.2. The highest BCUT2D eigenvalue weighted by Gasteiger charge is 2.28. The average molecular weight is 882 g/mol. The number of esters is 2. The molecule has 0 aromatic rings. The Morgan fingerprint density at radius 3 is 1.34 bits per heavy atom. The minimum Gasteiger partial charge on any atom is -0.480 e. The highest BCUT2D eigenvalue weighted by atomic mass is 31.2. The number of carbonyl (C=O) groups is 3. The van der Waals surface area contributed by atoms with E-state index in [0.29, 0.717) is 19.3 Å². The van der Waals surface area contributed by atoms with E-state index in [1.54, 1.807) is 0 Å². The van der Waals surface area contributed by atoms with E-state index in [1.807, 2.05) is 6.08 Å². The maximum atomic E-state index is 12.7. The van der Waals surface area contributed by atoms with Crippen LogP contribution in [-0.2, 0) is 37.5 Å². The van der Waals surface area contributed by atoms with E-state index in [4.69, 9.17) is 24.8 Å². The van der Waals surface area contributed by atoms with Crippen molar-refractivity contribution >= 4 is 25.7 Å². The van der Waals surface area contributed by atoms with Gasteiger partial charge in [-0.25, -0.2) is 4.57 Å². The van der Waals surface area contributed by atoms with E-state index >= 15 is 0 Å². The summed E-state index contributed by atoms with van der Waals surface area (Å²) in [5.74, 6) is -2.44. The first kappa shape index (κ1) is 58.4. The number of rotatable bonds is 45. The highest BCUT2D eigenvalue weighted by molar-refractivity contribution is 7.47. The molecule has 0 bridgehead atoms. The van der Waals surface area contributed by atoms with Crippen molar-refractivity contribution in [2.24, 2.45) is 5.73 Å². The Morgan fingerprint density at radius 1 is 0.508 bits per heavy atom. The minimum absolute atomic E-state index is 0.147. The summed E-state index contributed by atoms with van der Waals surface area (Å²) in [5.41, 5.74) is 5.34. The highest BCUT2D eigenvalue weighted by Crippen LogP contribution is 2.43. The predicted molar refractivity (Wildman–Crippen MR) is 249 cm³/mol. The third-order valence-corrected chi connectivity index (χ3v) is 11.3. The molecule has 0 heterocycles. The van der Waals surface area contributed by atoms with Gasteiger partial charge in [0, 0.05) is 12.8 Å². The Morgan fingerprint density at radius 2 is 0.885 bits per heavy atom. The van der Waals surface area contributed by atoms with Gasteiger partial charge in [-0.3, -0.25) is 23.4 Å². The van der Waals surface area contributed by atoms with Gasteiger partial charge >= 0.3 is 25.7 Å². The molecule has 11 nitrogen and oxygen atoms in total. The van der Waals surface area contributed by atoms with Crippen LogP contribution in [0.3, 0.4) is 0 Å². The molecular formula is C49H88NO10P. The molecule has 0 aromatic carbocycles. The number of carboxylic acid groups (broad SMARTS) is 1. The van der Waals surface area contributed by atoms with Crippen LogP contribution < -0.4 is 5.73 Å². The zero-order chi connectivity index (χ0) is 44.9. The Balaban J connectivity index is 4.38. The molecule has 0 aliphatic carbocycles. The van der Waals surface area contributed by atoms with E-state index in [2.05, 4.69) is 60.9 Å². The number of carboxylic acids is 1. The third kappa shape index (κ3) is 43.9. The molecule has 0 fully saturated rings. The molecule has 4 N–H and O–H groups in total. The van der Waals surface area contributed by atoms with Crippen molar-refractivity contribution in [2.75, 3.05) is 19.8 Å². The first-order valence-electron chi connectivity index (χ1n) is 24.2. The van der Waals surface area contributed by atoms with Gasteiger partial charge in [-0.05, 0) is 51.4 Å². The second-order valence-corrected chi connectivity index (χ2v) is 17.7. The zero-order valence-electron chi connectivity index (χ0n) is 38.5. The van der Waals surface area contributed by atoms with Gasteiger partial charge in [0.2, 0.25) is 0 Å². The molecule has 0 aliphatic rings. The van der Waals surface area contributed by atoms with Gasteiger partial charge in [0.25, 0.3) is 0 Å². The molecule has 3 atom stereocenters. The lowest BCUT2D eigenvalue weighted by molar-refractivity contribution is -0.161. The van der Waals surface area contributed by atoms with Crippen molar-refractivity contribution in [2.45, 2.75) is 225 Å². The number of allylic oxidation sites excluding steroid dienone is 8. The van der Waals surface area contributed by atoms with Crippen molar-refractivity contribution in [3.8, 4) is 0 Å². The fourth-order valence-electron chi connectivity index (χ4n) is 6.53. The zero-order valence-corrected chi connectivity index (χ0v) is 39.4. The largest absolute Gasteiger partial charge is 0.480 e. The number of phosphoric acid groups is 1. The number of ether oxygens (including phenoxy) is 2. The monoisotopic (exact) mass is 882 g/mol. The Bertz CT molecular complexity index is 1220. The molecule has 0 saturated heterocycles. The quantitative estimate of drug-likeness (QED) is 0.0230. The molecule has 1 unspecified atom stereocenters.